The molecule has 0 atom stereocenters. The number of pyridine rings is 1. The number of methoxy groups -OCH3 is 2. The van der Waals surface area contributed by atoms with Crippen molar-refractivity contribution in [2.45, 2.75) is 32.1 Å². The summed E-state index contributed by atoms with van der Waals surface area (Å²) in [5.74, 6) is 1.90. The summed E-state index contributed by atoms with van der Waals surface area (Å²) in [5, 5.41) is 6.60. The molecule has 27 heavy (non-hydrogen) atoms. The Kier molecular flexibility index (Phi) is 6.40. The topological polar surface area (TPSA) is 72.5 Å². The van der Waals surface area contributed by atoms with E-state index in [0.717, 1.165) is 37.3 Å². The van der Waals surface area contributed by atoms with Crippen molar-refractivity contribution >= 4 is 29.0 Å². The molecule has 1 aliphatic heterocycles. The molecule has 0 fully saturated rings. The lowest BCUT2D eigenvalue weighted by Crippen LogP contribution is -2.14. The number of carbonyl (C=O) groups is 1. The number of carbonyl (C=O) groups excluding carboxylic acids is 1. The first-order chi connectivity index (χ1) is 13.1. The maximum Gasteiger partial charge on any atom is 0.224 e. The van der Waals surface area contributed by atoms with E-state index in [9.17, 15) is 4.79 Å². The Morgan fingerprint density at radius 3 is 2.85 bits per heavy atom. The molecular weight excluding hydrogens is 366 g/mol. The first-order valence-corrected chi connectivity index (χ1v) is 9.42. The van der Waals surface area contributed by atoms with Crippen molar-refractivity contribution in [3.8, 4) is 11.5 Å². The molecule has 2 aromatic rings. The van der Waals surface area contributed by atoms with Gasteiger partial charge in [-0.05, 0) is 43.4 Å². The predicted molar refractivity (Wildman–Crippen MR) is 107 cm³/mol. The van der Waals surface area contributed by atoms with Crippen LogP contribution in [0.5, 0.6) is 11.5 Å². The van der Waals surface area contributed by atoms with Gasteiger partial charge in [0.15, 0.2) is 0 Å². The number of aryl methyl sites for hydroxylation is 2. The normalized spacial score (nSPS) is 12.7. The van der Waals surface area contributed by atoms with Gasteiger partial charge in [0.05, 0.1) is 24.9 Å². The average Bonchev–Trinajstić information content (AvgIpc) is 2.68. The van der Waals surface area contributed by atoms with Gasteiger partial charge in [-0.25, -0.2) is 4.98 Å². The fourth-order valence-corrected chi connectivity index (χ4v) is 3.35. The van der Waals surface area contributed by atoms with E-state index >= 15 is 0 Å². The maximum atomic E-state index is 12.3. The molecule has 0 unspecified atom stereocenters. The molecule has 1 amide bonds. The van der Waals surface area contributed by atoms with Gasteiger partial charge in [0, 0.05) is 24.7 Å². The van der Waals surface area contributed by atoms with Gasteiger partial charge in [-0.2, -0.15) is 0 Å². The molecule has 0 saturated heterocycles. The zero-order chi connectivity index (χ0) is 19.2. The van der Waals surface area contributed by atoms with Crippen LogP contribution in [0.15, 0.2) is 24.3 Å². The Bertz CT molecular complexity index is 826. The van der Waals surface area contributed by atoms with Crippen LogP contribution >= 0.6 is 11.6 Å². The monoisotopic (exact) mass is 389 g/mol. The highest BCUT2D eigenvalue weighted by molar-refractivity contribution is 6.32. The number of hydrogen-bond acceptors (Lipinski definition) is 5. The van der Waals surface area contributed by atoms with Gasteiger partial charge in [-0.15, -0.1) is 0 Å². The van der Waals surface area contributed by atoms with E-state index in [2.05, 4.69) is 27.8 Å². The highest BCUT2D eigenvalue weighted by atomic mass is 35.5. The fourth-order valence-electron chi connectivity index (χ4n) is 3.11. The van der Waals surface area contributed by atoms with Gasteiger partial charge in [-0.3, -0.25) is 4.79 Å². The van der Waals surface area contributed by atoms with Crippen molar-refractivity contribution in [2.24, 2.45) is 0 Å². The van der Waals surface area contributed by atoms with Crippen molar-refractivity contribution in [3.63, 3.8) is 0 Å². The summed E-state index contributed by atoms with van der Waals surface area (Å²) in [6, 6.07) is 7.47. The van der Waals surface area contributed by atoms with Crippen LogP contribution < -0.4 is 20.1 Å². The Balaban J connectivity index is 1.55. The van der Waals surface area contributed by atoms with Crippen LogP contribution in [0.4, 0.5) is 11.5 Å². The molecule has 0 saturated carbocycles. The molecule has 0 radical (unpaired) electrons. The van der Waals surface area contributed by atoms with E-state index in [1.54, 1.807) is 12.1 Å². The first-order valence-electron chi connectivity index (χ1n) is 9.04. The largest absolute Gasteiger partial charge is 0.495 e. The highest BCUT2D eigenvalue weighted by Gasteiger charge is 2.13. The number of ether oxygens (including phenoxy) is 2. The van der Waals surface area contributed by atoms with Gasteiger partial charge in [0.1, 0.15) is 17.3 Å². The number of rotatable bonds is 7. The van der Waals surface area contributed by atoms with E-state index in [1.807, 2.05) is 0 Å². The molecule has 2 N–H and O–H groups in total. The molecule has 3 rings (SSSR count). The van der Waals surface area contributed by atoms with Crippen LogP contribution in [0.1, 0.15) is 30.5 Å². The van der Waals surface area contributed by atoms with Crippen LogP contribution in [0, 0.1) is 0 Å². The molecule has 1 aromatic carbocycles. The number of anilines is 2. The zero-order valence-electron chi connectivity index (χ0n) is 15.6. The van der Waals surface area contributed by atoms with Crippen LogP contribution in [0.2, 0.25) is 5.02 Å². The van der Waals surface area contributed by atoms with E-state index in [4.69, 9.17) is 21.1 Å². The molecule has 1 aromatic heterocycles. The van der Waals surface area contributed by atoms with Crippen LogP contribution in [0.25, 0.3) is 0 Å². The predicted octanol–water partition coefficient (Wildman–Crippen LogP) is 4.07. The average molecular weight is 390 g/mol. The number of amides is 1. The summed E-state index contributed by atoms with van der Waals surface area (Å²) >= 11 is 6.14. The lowest BCUT2D eigenvalue weighted by atomic mass is 10.1. The van der Waals surface area contributed by atoms with Gasteiger partial charge >= 0.3 is 0 Å². The van der Waals surface area contributed by atoms with E-state index in [0.29, 0.717) is 35.1 Å². The number of fused-ring (bicyclic) bond motifs is 1. The van der Waals surface area contributed by atoms with Gasteiger partial charge in [-0.1, -0.05) is 17.7 Å². The third kappa shape index (κ3) is 4.83. The third-order valence-electron chi connectivity index (χ3n) is 4.54. The van der Waals surface area contributed by atoms with Crippen molar-refractivity contribution in [2.75, 3.05) is 31.4 Å². The highest BCUT2D eigenvalue weighted by Crippen LogP contribution is 2.36. The molecule has 0 spiro atoms. The molecule has 1 aliphatic rings. The summed E-state index contributed by atoms with van der Waals surface area (Å²) in [7, 11) is 3.07. The van der Waals surface area contributed by atoms with Crippen LogP contribution in [-0.2, 0) is 17.6 Å². The Hall–Kier alpha value is -2.47. The second-order valence-electron chi connectivity index (χ2n) is 6.43. The fraction of sp³-hybridized carbons (Fsp3) is 0.400. The minimum absolute atomic E-state index is 0.0920. The van der Waals surface area contributed by atoms with Gasteiger partial charge < -0.3 is 20.1 Å². The Morgan fingerprint density at radius 1 is 1.26 bits per heavy atom. The third-order valence-corrected chi connectivity index (χ3v) is 4.83. The molecule has 2 heterocycles. The Labute approximate surface area is 164 Å². The second kappa shape index (κ2) is 8.95. The first kappa shape index (κ1) is 19.3. The molecular formula is C20H24ClN3O3. The van der Waals surface area contributed by atoms with E-state index in [-0.39, 0.29) is 5.91 Å². The lowest BCUT2D eigenvalue weighted by Gasteiger charge is -2.17. The quantitative estimate of drug-likeness (QED) is 0.746. The van der Waals surface area contributed by atoms with E-state index < -0.39 is 0 Å². The Morgan fingerprint density at radius 2 is 2.07 bits per heavy atom. The number of aromatic nitrogens is 1. The SMILES string of the molecule is COc1cc(OC)c(NC(=O)CCCc2ccc3c(n2)NCCC3)cc1Cl. The van der Waals surface area contributed by atoms with Crippen molar-refractivity contribution < 1.29 is 14.3 Å². The number of halogens is 1. The number of benzene rings is 1. The van der Waals surface area contributed by atoms with Gasteiger partial charge in [0.25, 0.3) is 0 Å². The van der Waals surface area contributed by atoms with Crippen molar-refractivity contribution in [1.29, 1.82) is 0 Å². The van der Waals surface area contributed by atoms with E-state index in [1.165, 1.54) is 19.8 Å². The summed E-state index contributed by atoms with van der Waals surface area (Å²) < 4.78 is 10.5. The van der Waals surface area contributed by atoms with Crippen LogP contribution in [-0.4, -0.2) is 31.7 Å². The summed E-state index contributed by atoms with van der Waals surface area (Å²) in [6.45, 7) is 0.970. The molecule has 0 bridgehead atoms. The number of nitrogens with zero attached hydrogens (tertiary/aromatic N) is 1. The molecule has 6 nitrogen and oxygen atoms in total. The maximum absolute atomic E-state index is 12.3. The second-order valence-corrected chi connectivity index (χ2v) is 6.84. The molecule has 0 aliphatic carbocycles. The zero-order valence-corrected chi connectivity index (χ0v) is 16.4. The summed E-state index contributed by atoms with van der Waals surface area (Å²) in [4.78, 5) is 17.0. The summed E-state index contributed by atoms with van der Waals surface area (Å²) in [6.07, 6.45) is 4.07. The van der Waals surface area contributed by atoms with Gasteiger partial charge in [0.2, 0.25) is 5.91 Å². The molecule has 7 heteroatoms. The van der Waals surface area contributed by atoms with Crippen molar-refractivity contribution in [1.82, 2.24) is 4.98 Å². The smallest absolute Gasteiger partial charge is 0.224 e. The lowest BCUT2D eigenvalue weighted by molar-refractivity contribution is -0.116. The standard InChI is InChI=1S/C20H24ClN3O3/c1-26-17-12-18(27-2)16(11-15(17)21)24-19(25)7-3-6-14-9-8-13-5-4-10-22-20(13)23-14/h8-9,11-12H,3-7,10H2,1-2H3,(H,22,23)(H,24,25). The molecule has 144 valence electrons. The minimum Gasteiger partial charge on any atom is -0.495 e. The van der Waals surface area contributed by atoms with Crippen LogP contribution in [0.3, 0.4) is 0 Å². The summed E-state index contributed by atoms with van der Waals surface area (Å²) in [5.41, 5.74) is 2.80. The van der Waals surface area contributed by atoms with Crippen molar-refractivity contribution in [3.05, 3.63) is 40.5 Å². The number of nitrogens with one attached hydrogen (secondary N) is 2. The minimum atomic E-state index is -0.0920. The number of hydrogen-bond donors (Lipinski definition) is 2.